The van der Waals surface area contributed by atoms with Crippen LogP contribution >= 0.6 is 11.6 Å². The highest BCUT2D eigenvalue weighted by atomic mass is 35.5. The average molecular weight is 392 g/mol. The van der Waals surface area contributed by atoms with Gasteiger partial charge in [0.2, 0.25) is 0 Å². The number of aromatic nitrogens is 1. The first kappa shape index (κ1) is 17.8. The summed E-state index contributed by atoms with van der Waals surface area (Å²) in [5.74, 6) is -1.44. The number of anilines is 1. The second-order valence-corrected chi connectivity index (χ2v) is 6.56. The zero-order valence-electron chi connectivity index (χ0n) is 14.5. The minimum absolute atomic E-state index is 0.134. The van der Waals surface area contributed by atoms with E-state index in [1.807, 2.05) is 41.1 Å². The first-order valence-corrected chi connectivity index (χ1v) is 8.81. The summed E-state index contributed by atoms with van der Waals surface area (Å²) in [6, 6.07) is 16.9. The standard InChI is InChI=1S/C21H14ClN3O3/c22-15-5-4-8-17(12-15)25-20(27)18(19(26)23-21(25)28)11-14-9-10-24(13-14)16-6-2-1-3-7-16/h1-13H,(H,23,26,28)/b18-11-. The largest absolute Gasteiger partial charge is 0.335 e. The molecule has 1 aromatic heterocycles. The second-order valence-electron chi connectivity index (χ2n) is 6.13. The van der Waals surface area contributed by atoms with E-state index >= 15 is 0 Å². The number of amides is 4. The topological polar surface area (TPSA) is 71.4 Å². The molecule has 1 fully saturated rings. The van der Waals surface area contributed by atoms with Crippen molar-refractivity contribution < 1.29 is 14.4 Å². The summed E-state index contributed by atoms with van der Waals surface area (Å²) >= 11 is 5.96. The van der Waals surface area contributed by atoms with E-state index in [-0.39, 0.29) is 11.3 Å². The van der Waals surface area contributed by atoms with Crippen molar-refractivity contribution in [3.63, 3.8) is 0 Å². The second kappa shape index (κ2) is 7.17. The average Bonchev–Trinajstić information content (AvgIpc) is 3.14. The Balaban J connectivity index is 1.69. The molecular formula is C21H14ClN3O3. The number of rotatable bonds is 3. The van der Waals surface area contributed by atoms with Crippen molar-refractivity contribution in [2.45, 2.75) is 0 Å². The van der Waals surface area contributed by atoms with Crippen molar-refractivity contribution in [2.75, 3.05) is 4.90 Å². The summed E-state index contributed by atoms with van der Waals surface area (Å²) in [6.45, 7) is 0. The number of hydrogen-bond donors (Lipinski definition) is 1. The minimum atomic E-state index is -0.809. The summed E-state index contributed by atoms with van der Waals surface area (Å²) in [5.41, 5.74) is 1.76. The van der Waals surface area contributed by atoms with E-state index < -0.39 is 17.8 Å². The molecule has 1 aliphatic heterocycles. The third-order valence-corrected chi connectivity index (χ3v) is 4.48. The molecule has 0 saturated carbocycles. The maximum Gasteiger partial charge on any atom is 0.335 e. The van der Waals surface area contributed by atoms with Gasteiger partial charge in [0, 0.05) is 23.1 Å². The van der Waals surface area contributed by atoms with Gasteiger partial charge in [0.1, 0.15) is 5.57 Å². The predicted octanol–water partition coefficient (Wildman–Crippen LogP) is 3.80. The van der Waals surface area contributed by atoms with E-state index in [9.17, 15) is 14.4 Å². The van der Waals surface area contributed by atoms with Crippen molar-refractivity contribution in [3.8, 4) is 5.69 Å². The molecule has 1 N–H and O–H groups in total. The summed E-state index contributed by atoms with van der Waals surface area (Å²) in [6.07, 6.45) is 5.08. The van der Waals surface area contributed by atoms with Gasteiger partial charge in [-0.3, -0.25) is 14.9 Å². The normalized spacial score (nSPS) is 15.8. The molecule has 2 heterocycles. The van der Waals surface area contributed by atoms with Gasteiger partial charge in [-0.15, -0.1) is 0 Å². The lowest BCUT2D eigenvalue weighted by atomic mass is 10.1. The molecule has 6 nitrogen and oxygen atoms in total. The summed E-state index contributed by atoms with van der Waals surface area (Å²) < 4.78 is 1.87. The van der Waals surface area contributed by atoms with Crippen LogP contribution in [-0.4, -0.2) is 22.4 Å². The molecule has 2 aromatic carbocycles. The molecule has 0 spiro atoms. The summed E-state index contributed by atoms with van der Waals surface area (Å²) in [7, 11) is 0. The third-order valence-electron chi connectivity index (χ3n) is 4.25. The highest BCUT2D eigenvalue weighted by molar-refractivity contribution is 6.39. The van der Waals surface area contributed by atoms with Gasteiger partial charge >= 0.3 is 6.03 Å². The van der Waals surface area contributed by atoms with Gasteiger partial charge in [-0.2, -0.15) is 0 Å². The molecule has 0 unspecified atom stereocenters. The Morgan fingerprint density at radius 3 is 2.39 bits per heavy atom. The number of nitrogens with zero attached hydrogens (tertiary/aromatic N) is 2. The van der Waals surface area contributed by atoms with E-state index in [1.54, 1.807) is 30.5 Å². The molecule has 0 bridgehead atoms. The van der Waals surface area contributed by atoms with Crippen molar-refractivity contribution in [1.82, 2.24) is 9.88 Å². The number of urea groups is 1. The predicted molar refractivity (Wildman–Crippen MR) is 106 cm³/mol. The number of hydrogen-bond acceptors (Lipinski definition) is 3. The number of carbonyl (C=O) groups excluding carboxylic acids is 3. The number of halogens is 1. The molecular weight excluding hydrogens is 378 g/mol. The fourth-order valence-corrected chi connectivity index (χ4v) is 3.12. The summed E-state index contributed by atoms with van der Waals surface area (Å²) in [5, 5.41) is 2.57. The van der Waals surface area contributed by atoms with Gasteiger partial charge in [0.15, 0.2) is 0 Å². The maximum atomic E-state index is 12.9. The fourth-order valence-electron chi connectivity index (χ4n) is 2.93. The van der Waals surface area contributed by atoms with Crippen molar-refractivity contribution in [3.05, 3.63) is 89.2 Å². The van der Waals surface area contributed by atoms with Crippen LogP contribution in [0.3, 0.4) is 0 Å². The highest BCUT2D eigenvalue weighted by Gasteiger charge is 2.36. The Labute approximate surface area is 165 Å². The Morgan fingerprint density at radius 1 is 0.893 bits per heavy atom. The van der Waals surface area contributed by atoms with Crippen molar-refractivity contribution >= 4 is 41.2 Å². The lowest BCUT2D eigenvalue weighted by Crippen LogP contribution is -2.54. The Bertz CT molecular complexity index is 1120. The SMILES string of the molecule is O=C1NC(=O)N(c2cccc(Cl)c2)C(=O)/C1=C\c1ccn(-c2ccccc2)c1. The molecule has 0 aliphatic carbocycles. The van der Waals surface area contributed by atoms with E-state index in [1.165, 1.54) is 12.1 Å². The van der Waals surface area contributed by atoms with Gasteiger partial charge in [0.05, 0.1) is 5.69 Å². The number of imide groups is 2. The van der Waals surface area contributed by atoms with Gasteiger partial charge in [0.25, 0.3) is 11.8 Å². The van der Waals surface area contributed by atoms with Crippen LogP contribution in [0.15, 0.2) is 78.6 Å². The molecule has 4 rings (SSSR count). The number of para-hydroxylation sites is 1. The molecule has 28 heavy (non-hydrogen) atoms. The van der Waals surface area contributed by atoms with Gasteiger partial charge < -0.3 is 4.57 Å². The molecule has 3 aromatic rings. The Hall–Kier alpha value is -3.64. The first-order valence-electron chi connectivity index (χ1n) is 8.43. The Kier molecular flexibility index (Phi) is 4.55. The highest BCUT2D eigenvalue weighted by Crippen LogP contribution is 2.24. The monoisotopic (exact) mass is 391 g/mol. The summed E-state index contributed by atoms with van der Waals surface area (Å²) in [4.78, 5) is 38.2. The van der Waals surface area contributed by atoms with E-state index in [2.05, 4.69) is 5.32 Å². The van der Waals surface area contributed by atoms with Crippen LogP contribution in [0.25, 0.3) is 11.8 Å². The lowest BCUT2D eigenvalue weighted by molar-refractivity contribution is -0.122. The quantitative estimate of drug-likeness (QED) is 0.545. The third kappa shape index (κ3) is 3.33. The van der Waals surface area contributed by atoms with Gasteiger partial charge in [-0.1, -0.05) is 35.9 Å². The van der Waals surface area contributed by atoms with E-state index in [0.29, 0.717) is 10.6 Å². The number of barbiturate groups is 1. The van der Waals surface area contributed by atoms with Crippen LogP contribution in [0.4, 0.5) is 10.5 Å². The number of nitrogens with one attached hydrogen (secondary N) is 1. The molecule has 1 saturated heterocycles. The first-order chi connectivity index (χ1) is 13.5. The minimum Gasteiger partial charge on any atom is -0.323 e. The van der Waals surface area contributed by atoms with Gasteiger partial charge in [-0.05, 0) is 48.0 Å². The van der Waals surface area contributed by atoms with Crippen LogP contribution < -0.4 is 10.2 Å². The van der Waals surface area contributed by atoms with E-state index in [0.717, 1.165) is 10.6 Å². The molecule has 0 radical (unpaired) electrons. The smallest absolute Gasteiger partial charge is 0.323 e. The van der Waals surface area contributed by atoms with Crippen LogP contribution in [0.1, 0.15) is 5.56 Å². The zero-order chi connectivity index (χ0) is 19.7. The fraction of sp³-hybridized carbons (Fsp3) is 0. The van der Waals surface area contributed by atoms with E-state index in [4.69, 9.17) is 11.6 Å². The molecule has 0 atom stereocenters. The molecule has 7 heteroatoms. The van der Waals surface area contributed by atoms with Crippen molar-refractivity contribution in [1.29, 1.82) is 0 Å². The van der Waals surface area contributed by atoms with Crippen LogP contribution in [0.5, 0.6) is 0 Å². The zero-order valence-corrected chi connectivity index (χ0v) is 15.3. The van der Waals surface area contributed by atoms with Crippen molar-refractivity contribution in [2.24, 2.45) is 0 Å². The van der Waals surface area contributed by atoms with Crippen LogP contribution in [0, 0.1) is 0 Å². The van der Waals surface area contributed by atoms with Crippen LogP contribution in [-0.2, 0) is 9.59 Å². The Morgan fingerprint density at radius 2 is 1.64 bits per heavy atom. The van der Waals surface area contributed by atoms with Gasteiger partial charge in [-0.25, -0.2) is 9.69 Å². The number of benzene rings is 2. The molecule has 138 valence electrons. The molecule has 1 aliphatic rings. The maximum absolute atomic E-state index is 12.9. The van der Waals surface area contributed by atoms with Crippen LogP contribution in [0.2, 0.25) is 5.02 Å². The lowest BCUT2D eigenvalue weighted by Gasteiger charge is -2.26. The number of carbonyl (C=O) groups is 3. The molecule has 4 amide bonds.